The number of hydrogen-bond donors (Lipinski definition) is 1. The number of morpholine rings is 1. The number of carbonyl (C=O) groups excluding carboxylic acids is 1. The summed E-state index contributed by atoms with van der Waals surface area (Å²) in [5.74, 6) is 0.0715. The summed E-state index contributed by atoms with van der Waals surface area (Å²) in [6.45, 7) is 3.89. The van der Waals surface area contributed by atoms with Crippen LogP contribution in [0.15, 0.2) is 24.3 Å². The van der Waals surface area contributed by atoms with Crippen molar-refractivity contribution in [2.75, 3.05) is 50.1 Å². The van der Waals surface area contributed by atoms with Gasteiger partial charge in [0.05, 0.1) is 19.8 Å². The molecule has 24 heavy (non-hydrogen) atoms. The van der Waals surface area contributed by atoms with Gasteiger partial charge in [0.2, 0.25) is 5.91 Å². The third-order valence-corrected chi connectivity index (χ3v) is 5.12. The maximum Gasteiger partial charge on any atom is 0.238 e. The van der Waals surface area contributed by atoms with Crippen LogP contribution in [0.4, 0.5) is 11.4 Å². The topological polar surface area (TPSA) is 44.8 Å². The van der Waals surface area contributed by atoms with Crippen molar-refractivity contribution in [3.63, 3.8) is 0 Å². The lowest BCUT2D eigenvalue weighted by Crippen LogP contribution is -2.39. The molecule has 2 fully saturated rings. The highest BCUT2D eigenvalue weighted by molar-refractivity contribution is 5.92. The Labute approximate surface area is 145 Å². The Kier molecular flexibility index (Phi) is 6.10. The molecule has 1 amide bonds. The highest BCUT2D eigenvalue weighted by Gasteiger charge is 2.19. The number of hydrogen-bond acceptors (Lipinski definition) is 4. The first-order chi connectivity index (χ1) is 11.7. The van der Waals surface area contributed by atoms with Crippen molar-refractivity contribution in [3.05, 3.63) is 24.3 Å². The summed E-state index contributed by atoms with van der Waals surface area (Å²) >= 11 is 0. The number of likely N-dealkylation sites (N-methyl/N-ethyl adjacent to an activating group) is 1. The molecule has 0 radical (unpaired) electrons. The van der Waals surface area contributed by atoms with Gasteiger partial charge in [0, 0.05) is 30.5 Å². The molecule has 1 aromatic carbocycles. The number of ether oxygens (including phenoxy) is 1. The van der Waals surface area contributed by atoms with Gasteiger partial charge in [0.15, 0.2) is 0 Å². The van der Waals surface area contributed by atoms with E-state index in [0.717, 1.165) is 32.0 Å². The monoisotopic (exact) mass is 331 g/mol. The van der Waals surface area contributed by atoms with E-state index in [1.807, 2.05) is 12.1 Å². The zero-order valence-corrected chi connectivity index (χ0v) is 14.7. The third-order valence-electron chi connectivity index (χ3n) is 5.12. The molecule has 1 aromatic rings. The lowest BCUT2D eigenvalue weighted by atomic mass is 9.94. The Bertz CT molecular complexity index is 520. The fourth-order valence-corrected chi connectivity index (χ4v) is 3.66. The van der Waals surface area contributed by atoms with Crippen LogP contribution in [0.3, 0.4) is 0 Å². The molecule has 0 aromatic heterocycles. The minimum atomic E-state index is 0.0715. The standard InChI is InChI=1S/C19H29N3O2/c1-21(17-5-3-2-4-6-17)15-19(23)20-16-7-9-18(10-8-16)22-11-13-24-14-12-22/h7-10,17H,2-6,11-15H2,1H3,(H,20,23). The summed E-state index contributed by atoms with van der Waals surface area (Å²) in [6, 6.07) is 8.69. The lowest BCUT2D eigenvalue weighted by Gasteiger charge is -2.30. The molecule has 1 saturated carbocycles. The Morgan fingerprint density at radius 3 is 2.50 bits per heavy atom. The van der Waals surface area contributed by atoms with Gasteiger partial charge in [-0.25, -0.2) is 0 Å². The average molecular weight is 331 g/mol. The van der Waals surface area contributed by atoms with E-state index in [1.165, 1.54) is 37.8 Å². The summed E-state index contributed by atoms with van der Waals surface area (Å²) < 4.78 is 5.38. The highest BCUT2D eigenvalue weighted by atomic mass is 16.5. The van der Waals surface area contributed by atoms with Gasteiger partial charge < -0.3 is 15.0 Å². The van der Waals surface area contributed by atoms with Crippen molar-refractivity contribution in [2.45, 2.75) is 38.1 Å². The number of carbonyl (C=O) groups is 1. The van der Waals surface area contributed by atoms with E-state index in [1.54, 1.807) is 0 Å². The van der Waals surface area contributed by atoms with Crippen LogP contribution in [0.25, 0.3) is 0 Å². The van der Waals surface area contributed by atoms with Gasteiger partial charge in [-0.3, -0.25) is 9.69 Å². The van der Waals surface area contributed by atoms with E-state index in [0.29, 0.717) is 12.6 Å². The Morgan fingerprint density at radius 1 is 1.17 bits per heavy atom. The number of nitrogens with zero attached hydrogens (tertiary/aromatic N) is 2. The van der Waals surface area contributed by atoms with E-state index in [4.69, 9.17) is 4.74 Å². The molecule has 1 saturated heterocycles. The molecule has 0 spiro atoms. The molecule has 3 rings (SSSR count). The van der Waals surface area contributed by atoms with Crippen molar-refractivity contribution in [1.29, 1.82) is 0 Å². The molecule has 2 aliphatic rings. The van der Waals surface area contributed by atoms with E-state index < -0.39 is 0 Å². The molecule has 1 heterocycles. The molecular weight excluding hydrogens is 302 g/mol. The van der Waals surface area contributed by atoms with Crippen LogP contribution in [0.2, 0.25) is 0 Å². The largest absolute Gasteiger partial charge is 0.378 e. The first-order valence-corrected chi connectivity index (χ1v) is 9.15. The zero-order valence-electron chi connectivity index (χ0n) is 14.7. The summed E-state index contributed by atoms with van der Waals surface area (Å²) in [4.78, 5) is 16.8. The van der Waals surface area contributed by atoms with Gasteiger partial charge >= 0.3 is 0 Å². The van der Waals surface area contributed by atoms with Crippen LogP contribution in [0, 0.1) is 0 Å². The van der Waals surface area contributed by atoms with Gasteiger partial charge in [-0.15, -0.1) is 0 Å². The quantitative estimate of drug-likeness (QED) is 0.901. The van der Waals surface area contributed by atoms with Crippen LogP contribution >= 0.6 is 0 Å². The van der Waals surface area contributed by atoms with Crippen molar-refractivity contribution >= 4 is 17.3 Å². The van der Waals surface area contributed by atoms with Crippen molar-refractivity contribution in [2.24, 2.45) is 0 Å². The van der Waals surface area contributed by atoms with E-state index >= 15 is 0 Å². The molecule has 1 aliphatic carbocycles. The summed E-state index contributed by atoms with van der Waals surface area (Å²) in [5, 5.41) is 3.02. The van der Waals surface area contributed by atoms with Crippen LogP contribution in [0.5, 0.6) is 0 Å². The molecule has 1 N–H and O–H groups in total. The predicted molar refractivity (Wildman–Crippen MR) is 97.6 cm³/mol. The van der Waals surface area contributed by atoms with Crippen LogP contribution in [0.1, 0.15) is 32.1 Å². The Hall–Kier alpha value is -1.59. The third kappa shape index (κ3) is 4.71. The van der Waals surface area contributed by atoms with Crippen molar-refractivity contribution in [1.82, 2.24) is 4.90 Å². The highest BCUT2D eigenvalue weighted by Crippen LogP contribution is 2.22. The smallest absolute Gasteiger partial charge is 0.238 e. The molecule has 132 valence electrons. The second-order valence-corrected chi connectivity index (χ2v) is 6.90. The normalized spacial score (nSPS) is 19.5. The van der Waals surface area contributed by atoms with Gasteiger partial charge in [0.25, 0.3) is 0 Å². The summed E-state index contributed by atoms with van der Waals surface area (Å²) in [6.07, 6.45) is 6.36. The predicted octanol–water partition coefficient (Wildman–Crippen LogP) is 2.73. The van der Waals surface area contributed by atoms with Gasteiger partial charge in [-0.1, -0.05) is 19.3 Å². The number of anilines is 2. The second kappa shape index (κ2) is 8.49. The Balaban J connectivity index is 1.48. The second-order valence-electron chi connectivity index (χ2n) is 6.90. The SMILES string of the molecule is CN(CC(=O)Nc1ccc(N2CCOCC2)cc1)C1CCCCC1. The lowest BCUT2D eigenvalue weighted by molar-refractivity contribution is -0.117. The minimum Gasteiger partial charge on any atom is -0.378 e. The molecule has 0 unspecified atom stereocenters. The number of rotatable bonds is 5. The summed E-state index contributed by atoms with van der Waals surface area (Å²) in [5.41, 5.74) is 2.06. The van der Waals surface area contributed by atoms with E-state index in [-0.39, 0.29) is 5.91 Å². The van der Waals surface area contributed by atoms with Gasteiger partial charge in [-0.2, -0.15) is 0 Å². The molecule has 1 aliphatic heterocycles. The minimum absolute atomic E-state index is 0.0715. The molecular formula is C19H29N3O2. The van der Waals surface area contributed by atoms with Gasteiger partial charge in [-0.05, 0) is 44.2 Å². The summed E-state index contributed by atoms with van der Waals surface area (Å²) in [7, 11) is 2.07. The maximum absolute atomic E-state index is 12.3. The first kappa shape index (κ1) is 17.2. The van der Waals surface area contributed by atoms with Crippen LogP contribution in [-0.4, -0.2) is 56.7 Å². The number of benzene rings is 1. The zero-order chi connectivity index (χ0) is 16.8. The van der Waals surface area contributed by atoms with Crippen molar-refractivity contribution < 1.29 is 9.53 Å². The van der Waals surface area contributed by atoms with Crippen LogP contribution in [-0.2, 0) is 9.53 Å². The Morgan fingerprint density at radius 2 is 1.83 bits per heavy atom. The number of amides is 1. The average Bonchev–Trinajstić information content (AvgIpc) is 2.64. The molecule has 5 nitrogen and oxygen atoms in total. The molecule has 0 atom stereocenters. The maximum atomic E-state index is 12.3. The number of nitrogens with one attached hydrogen (secondary N) is 1. The van der Waals surface area contributed by atoms with E-state index in [9.17, 15) is 4.79 Å². The van der Waals surface area contributed by atoms with Crippen molar-refractivity contribution in [3.8, 4) is 0 Å². The fraction of sp³-hybridized carbons (Fsp3) is 0.632. The van der Waals surface area contributed by atoms with Crippen LogP contribution < -0.4 is 10.2 Å². The van der Waals surface area contributed by atoms with E-state index in [2.05, 4.69) is 34.3 Å². The molecule has 0 bridgehead atoms. The first-order valence-electron chi connectivity index (χ1n) is 9.15. The van der Waals surface area contributed by atoms with Gasteiger partial charge in [0.1, 0.15) is 0 Å². The fourth-order valence-electron chi connectivity index (χ4n) is 3.66. The molecule has 5 heteroatoms.